The molecule has 0 aromatic carbocycles. The van der Waals surface area contributed by atoms with Crippen molar-refractivity contribution in [2.45, 2.75) is 58.0 Å². The first-order valence-corrected chi connectivity index (χ1v) is 9.69. The molecule has 1 fully saturated rings. The molecular formula is C18H24N4O2S. The first kappa shape index (κ1) is 16.6. The summed E-state index contributed by atoms with van der Waals surface area (Å²) in [6.07, 6.45) is 6.22. The zero-order valence-electron chi connectivity index (χ0n) is 14.9. The summed E-state index contributed by atoms with van der Waals surface area (Å²) in [5.74, 6) is 2.58. The molecular weight excluding hydrogens is 336 g/mol. The van der Waals surface area contributed by atoms with Gasteiger partial charge in [0, 0.05) is 6.04 Å². The number of rotatable bonds is 4. The van der Waals surface area contributed by atoms with Crippen molar-refractivity contribution >= 4 is 16.3 Å². The molecule has 0 bridgehead atoms. The topological polar surface area (TPSA) is 66.8 Å². The van der Waals surface area contributed by atoms with Crippen LogP contribution in [0.25, 0.3) is 4.96 Å². The number of hydrogen-bond donors (Lipinski definition) is 1. The molecule has 0 saturated heterocycles. The van der Waals surface area contributed by atoms with Gasteiger partial charge in [0.2, 0.25) is 10.8 Å². The van der Waals surface area contributed by atoms with Crippen molar-refractivity contribution in [2.75, 3.05) is 7.05 Å². The number of fused-ring (bicyclic) bond motifs is 1. The Morgan fingerprint density at radius 2 is 2.04 bits per heavy atom. The molecule has 1 N–H and O–H groups in total. The zero-order chi connectivity index (χ0) is 17.6. The van der Waals surface area contributed by atoms with Crippen molar-refractivity contribution in [3.8, 4) is 5.88 Å². The van der Waals surface area contributed by atoms with Crippen LogP contribution in [0.2, 0.25) is 0 Å². The van der Waals surface area contributed by atoms with E-state index in [2.05, 4.69) is 22.0 Å². The van der Waals surface area contributed by atoms with Crippen molar-refractivity contribution in [3.63, 3.8) is 0 Å². The number of aromatic nitrogens is 3. The molecule has 6 nitrogen and oxygen atoms in total. The van der Waals surface area contributed by atoms with Gasteiger partial charge in [-0.25, -0.2) is 4.98 Å². The molecule has 3 aromatic heterocycles. The van der Waals surface area contributed by atoms with Gasteiger partial charge in [-0.1, -0.05) is 30.6 Å². The Balaban J connectivity index is 1.78. The fraction of sp³-hybridized carbons (Fsp3) is 0.556. The lowest BCUT2D eigenvalue weighted by Crippen LogP contribution is -2.36. The van der Waals surface area contributed by atoms with Gasteiger partial charge in [0.15, 0.2) is 0 Å². The molecule has 3 aromatic rings. The monoisotopic (exact) mass is 360 g/mol. The molecule has 134 valence electrons. The lowest BCUT2D eigenvalue weighted by molar-refractivity contribution is 0.143. The third-order valence-electron chi connectivity index (χ3n) is 5.14. The van der Waals surface area contributed by atoms with Gasteiger partial charge in [-0.05, 0) is 45.9 Å². The summed E-state index contributed by atoms with van der Waals surface area (Å²) in [6.45, 7) is 3.79. The second-order valence-electron chi connectivity index (χ2n) is 6.95. The summed E-state index contributed by atoms with van der Waals surface area (Å²) < 4.78 is 7.50. The molecule has 1 aliphatic carbocycles. The second-order valence-corrected chi connectivity index (χ2v) is 7.96. The van der Waals surface area contributed by atoms with E-state index >= 15 is 0 Å². The summed E-state index contributed by atoms with van der Waals surface area (Å²) in [5.41, 5.74) is 0. The van der Waals surface area contributed by atoms with Crippen LogP contribution in [0.5, 0.6) is 5.88 Å². The van der Waals surface area contributed by atoms with Gasteiger partial charge in [0.05, 0.1) is 4.88 Å². The largest absolute Gasteiger partial charge is 0.492 e. The summed E-state index contributed by atoms with van der Waals surface area (Å²) in [5, 5.41) is 15.1. The quantitative estimate of drug-likeness (QED) is 0.760. The average Bonchev–Trinajstić information content (AvgIpc) is 3.26. The third-order valence-corrected chi connectivity index (χ3v) is 6.22. The van der Waals surface area contributed by atoms with Gasteiger partial charge in [-0.2, -0.15) is 4.52 Å². The SMILES string of the molecule is Cc1nc2sc(C(c3ccc(C)o3)N(C)C3CCCCC3)c(O)n2n1. The molecule has 0 radical (unpaired) electrons. The predicted octanol–water partition coefficient (Wildman–Crippen LogP) is 4.06. The molecule has 1 unspecified atom stereocenters. The van der Waals surface area contributed by atoms with Crippen LogP contribution in [-0.4, -0.2) is 37.7 Å². The van der Waals surface area contributed by atoms with Gasteiger partial charge in [-0.3, -0.25) is 4.90 Å². The van der Waals surface area contributed by atoms with E-state index < -0.39 is 0 Å². The standard InChI is InChI=1S/C18H24N4O2S/c1-11-9-10-14(24-11)15(21(3)13-7-5-4-6-8-13)16-17(23)22-18(25-16)19-12(2)20-22/h9-10,13,15,23H,4-8H2,1-3H3. The number of aryl methyl sites for hydroxylation is 2. The van der Waals surface area contributed by atoms with E-state index in [1.54, 1.807) is 0 Å². The van der Waals surface area contributed by atoms with Crippen LogP contribution in [0.3, 0.4) is 0 Å². The first-order valence-electron chi connectivity index (χ1n) is 8.88. The van der Waals surface area contributed by atoms with Crippen LogP contribution in [-0.2, 0) is 0 Å². The summed E-state index contributed by atoms with van der Waals surface area (Å²) in [4.78, 5) is 8.33. The Labute approximate surface area is 151 Å². The first-order chi connectivity index (χ1) is 12.0. The molecule has 4 rings (SSSR count). The van der Waals surface area contributed by atoms with E-state index in [9.17, 15) is 5.11 Å². The number of aromatic hydroxyl groups is 1. The fourth-order valence-electron chi connectivity index (χ4n) is 3.84. The number of furan rings is 1. The maximum Gasteiger partial charge on any atom is 0.230 e. The van der Waals surface area contributed by atoms with Crippen molar-refractivity contribution in [1.29, 1.82) is 0 Å². The zero-order valence-corrected chi connectivity index (χ0v) is 15.7. The van der Waals surface area contributed by atoms with Gasteiger partial charge in [-0.15, -0.1) is 5.10 Å². The van der Waals surface area contributed by atoms with Crippen LogP contribution in [0.1, 0.15) is 60.4 Å². The van der Waals surface area contributed by atoms with Gasteiger partial charge in [0.1, 0.15) is 23.4 Å². The Hall–Kier alpha value is -1.86. The minimum absolute atomic E-state index is 0.120. The Morgan fingerprint density at radius 3 is 2.68 bits per heavy atom. The van der Waals surface area contributed by atoms with Gasteiger partial charge >= 0.3 is 0 Å². The Bertz CT molecular complexity index is 875. The van der Waals surface area contributed by atoms with Gasteiger partial charge < -0.3 is 9.52 Å². The lowest BCUT2D eigenvalue weighted by Gasteiger charge is -2.35. The minimum Gasteiger partial charge on any atom is -0.492 e. The second kappa shape index (κ2) is 6.46. The van der Waals surface area contributed by atoms with Crippen molar-refractivity contribution < 1.29 is 9.52 Å². The van der Waals surface area contributed by atoms with E-state index in [1.807, 2.05) is 26.0 Å². The number of thiazole rings is 1. The molecule has 1 atom stereocenters. The molecule has 3 heterocycles. The fourth-order valence-corrected chi connectivity index (χ4v) is 5.00. The molecule has 7 heteroatoms. The van der Waals surface area contributed by atoms with Gasteiger partial charge in [0.25, 0.3) is 0 Å². The Morgan fingerprint density at radius 1 is 1.28 bits per heavy atom. The third kappa shape index (κ3) is 2.95. The van der Waals surface area contributed by atoms with E-state index in [4.69, 9.17) is 4.42 Å². The van der Waals surface area contributed by atoms with E-state index in [1.165, 1.54) is 48.0 Å². The normalized spacial score (nSPS) is 17.6. The Kier molecular flexibility index (Phi) is 4.29. The van der Waals surface area contributed by atoms with Crippen LogP contribution >= 0.6 is 11.3 Å². The highest BCUT2D eigenvalue weighted by Gasteiger charge is 2.33. The highest BCUT2D eigenvalue weighted by atomic mass is 32.1. The summed E-state index contributed by atoms with van der Waals surface area (Å²) in [6, 6.07) is 4.37. The summed E-state index contributed by atoms with van der Waals surface area (Å²) in [7, 11) is 2.14. The molecule has 25 heavy (non-hydrogen) atoms. The molecule has 0 aliphatic heterocycles. The van der Waals surface area contributed by atoms with E-state index in [0.29, 0.717) is 11.9 Å². The van der Waals surface area contributed by atoms with Crippen molar-refractivity contribution in [1.82, 2.24) is 19.5 Å². The highest BCUT2D eigenvalue weighted by Crippen LogP contribution is 2.42. The maximum absolute atomic E-state index is 10.8. The van der Waals surface area contributed by atoms with Crippen molar-refractivity contribution in [3.05, 3.63) is 34.4 Å². The lowest BCUT2D eigenvalue weighted by atomic mass is 9.93. The molecule has 0 amide bonds. The number of hydrogen-bond acceptors (Lipinski definition) is 6. The predicted molar refractivity (Wildman–Crippen MR) is 97.2 cm³/mol. The van der Waals surface area contributed by atoms with Crippen LogP contribution in [0.15, 0.2) is 16.5 Å². The van der Waals surface area contributed by atoms with E-state index in [-0.39, 0.29) is 11.9 Å². The highest BCUT2D eigenvalue weighted by molar-refractivity contribution is 7.17. The minimum atomic E-state index is -0.120. The van der Waals surface area contributed by atoms with Crippen molar-refractivity contribution in [2.24, 2.45) is 0 Å². The average molecular weight is 360 g/mol. The number of nitrogens with zero attached hydrogens (tertiary/aromatic N) is 4. The van der Waals surface area contributed by atoms with Crippen LogP contribution < -0.4 is 0 Å². The molecule has 0 spiro atoms. The smallest absolute Gasteiger partial charge is 0.230 e. The summed E-state index contributed by atoms with van der Waals surface area (Å²) >= 11 is 1.49. The van der Waals surface area contributed by atoms with E-state index in [0.717, 1.165) is 21.4 Å². The van der Waals surface area contributed by atoms with Crippen LogP contribution in [0.4, 0.5) is 0 Å². The maximum atomic E-state index is 10.8. The molecule has 1 aliphatic rings. The van der Waals surface area contributed by atoms with Crippen LogP contribution in [0, 0.1) is 13.8 Å². The molecule has 1 saturated carbocycles.